The van der Waals surface area contributed by atoms with Crippen LogP contribution in [0.15, 0.2) is 11.7 Å². The van der Waals surface area contributed by atoms with Gasteiger partial charge in [0.05, 0.1) is 5.69 Å². The van der Waals surface area contributed by atoms with Crippen molar-refractivity contribution >= 4 is 28.1 Å². The van der Waals surface area contributed by atoms with Crippen LogP contribution in [-0.2, 0) is 6.42 Å². The first kappa shape index (κ1) is 12.8. The van der Waals surface area contributed by atoms with Crippen molar-refractivity contribution in [2.24, 2.45) is 0 Å². The van der Waals surface area contributed by atoms with Gasteiger partial charge in [-0.25, -0.2) is 9.97 Å². The Balaban J connectivity index is 1.80. The van der Waals surface area contributed by atoms with Crippen molar-refractivity contribution in [1.82, 2.24) is 24.6 Å². The van der Waals surface area contributed by atoms with E-state index in [4.69, 9.17) is 5.73 Å². The van der Waals surface area contributed by atoms with Crippen molar-refractivity contribution in [2.75, 3.05) is 17.6 Å². The van der Waals surface area contributed by atoms with Crippen LogP contribution in [0, 0.1) is 13.8 Å². The summed E-state index contributed by atoms with van der Waals surface area (Å²) in [5.74, 6) is 1.53. The zero-order valence-corrected chi connectivity index (χ0v) is 12.1. The lowest BCUT2D eigenvalue weighted by Gasteiger charge is -2.11. The van der Waals surface area contributed by atoms with E-state index in [1.807, 2.05) is 19.2 Å². The average molecular weight is 289 g/mol. The van der Waals surface area contributed by atoms with Crippen LogP contribution in [-0.4, -0.2) is 31.1 Å². The molecule has 0 amide bonds. The maximum Gasteiger partial charge on any atom is 0.254 e. The molecular weight excluding hydrogens is 274 g/mol. The maximum atomic E-state index is 5.62. The van der Waals surface area contributed by atoms with Crippen molar-refractivity contribution in [1.29, 1.82) is 0 Å². The first-order valence-corrected chi connectivity index (χ1v) is 7.14. The molecule has 104 valence electrons. The fourth-order valence-corrected chi connectivity index (χ4v) is 2.58. The molecule has 0 aromatic carbocycles. The summed E-state index contributed by atoms with van der Waals surface area (Å²) in [5.41, 5.74) is 8.64. The number of aromatic nitrogens is 5. The van der Waals surface area contributed by atoms with Gasteiger partial charge in [0.15, 0.2) is 5.13 Å². The fraction of sp³-hybridized carbons (Fsp3) is 0.333. The summed E-state index contributed by atoms with van der Waals surface area (Å²) in [6.45, 7) is 4.74. The average Bonchev–Trinajstić information content (AvgIpc) is 3.03. The number of hydrogen-bond donors (Lipinski definition) is 2. The molecule has 0 radical (unpaired) electrons. The van der Waals surface area contributed by atoms with Crippen molar-refractivity contribution in [2.45, 2.75) is 20.3 Å². The van der Waals surface area contributed by atoms with E-state index in [1.54, 1.807) is 4.52 Å². The van der Waals surface area contributed by atoms with Gasteiger partial charge in [-0.3, -0.25) is 0 Å². The lowest BCUT2D eigenvalue weighted by molar-refractivity contribution is 0.888. The van der Waals surface area contributed by atoms with Crippen molar-refractivity contribution in [3.63, 3.8) is 0 Å². The second kappa shape index (κ2) is 5.04. The topological polar surface area (TPSA) is 94.0 Å². The maximum absolute atomic E-state index is 5.62. The number of thiazole rings is 1. The van der Waals surface area contributed by atoms with Gasteiger partial charge in [-0.15, -0.1) is 11.3 Å². The number of aryl methyl sites for hydroxylation is 1. The molecule has 0 aliphatic carbocycles. The van der Waals surface area contributed by atoms with Crippen LogP contribution in [0.5, 0.6) is 0 Å². The number of rotatable bonds is 4. The first-order valence-electron chi connectivity index (χ1n) is 6.26. The molecule has 20 heavy (non-hydrogen) atoms. The van der Waals surface area contributed by atoms with Crippen molar-refractivity contribution in [3.05, 3.63) is 28.7 Å². The number of nitrogen functional groups attached to an aromatic ring is 1. The summed E-state index contributed by atoms with van der Waals surface area (Å²) in [4.78, 5) is 12.8. The smallest absolute Gasteiger partial charge is 0.254 e. The van der Waals surface area contributed by atoms with E-state index < -0.39 is 0 Å². The molecule has 0 unspecified atom stereocenters. The highest BCUT2D eigenvalue weighted by Crippen LogP contribution is 2.18. The molecule has 3 aromatic rings. The summed E-state index contributed by atoms with van der Waals surface area (Å²) < 4.78 is 1.72. The number of nitrogens with two attached hydrogens (primary N) is 1. The molecule has 0 fully saturated rings. The van der Waals surface area contributed by atoms with Crippen LogP contribution in [0.2, 0.25) is 0 Å². The van der Waals surface area contributed by atoms with E-state index in [-0.39, 0.29) is 0 Å². The highest BCUT2D eigenvalue weighted by atomic mass is 32.1. The Morgan fingerprint density at radius 1 is 1.35 bits per heavy atom. The van der Waals surface area contributed by atoms with Crippen LogP contribution in [0.25, 0.3) is 5.78 Å². The molecule has 8 heteroatoms. The third-order valence-electron chi connectivity index (χ3n) is 3.15. The van der Waals surface area contributed by atoms with Crippen LogP contribution in [0.3, 0.4) is 0 Å². The Bertz CT molecular complexity index is 745. The van der Waals surface area contributed by atoms with Gasteiger partial charge in [-0.2, -0.15) is 14.6 Å². The molecule has 0 aliphatic rings. The number of anilines is 2. The molecule has 0 spiro atoms. The molecule has 3 heterocycles. The second-order valence-electron chi connectivity index (χ2n) is 4.50. The Morgan fingerprint density at radius 3 is 2.95 bits per heavy atom. The second-order valence-corrected chi connectivity index (χ2v) is 5.39. The molecule has 0 atom stereocenters. The molecule has 0 saturated carbocycles. The lowest BCUT2D eigenvalue weighted by Crippen LogP contribution is -2.12. The third kappa shape index (κ3) is 2.29. The largest absolute Gasteiger partial charge is 0.375 e. The van der Waals surface area contributed by atoms with Crippen LogP contribution < -0.4 is 11.1 Å². The van der Waals surface area contributed by atoms with E-state index in [1.165, 1.54) is 17.7 Å². The van der Waals surface area contributed by atoms with Crippen LogP contribution in [0.1, 0.15) is 17.0 Å². The van der Waals surface area contributed by atoms with Gasteiger partial charge < -0.3 is 11.1 Å². The van der Waals surface area contributed by atoms with E-state index in [2.05, 4.69) is 25.4 Å². The molecule has 0 aliphatic heterocycles. The van der Waals surface area contributed by atoms with Gasteiger partial charge >= 0.3 is 0 Å². The molecule has 3 N–H and O–H groups in total. The monoisotopic (exact) mass is 289 g/mol. The number of nitrogens with one attached hydrogen (secondary N) is 1. The Labute approximate surface area is 119 Å². The normalized spacial score (nSPS) is 11.1. The third-order valence-corrected chi connectivity index (χ3v) is 3.87. The lowest BCUT2D eigenvalue weighted by atomic mass is 10.2. The predicted octanol–water partition coefficient (Wildman–Crippen LogP) is 1.43. The molecule has 3 aromatic heterocycles. The van der Waals surface area contributed by atoms with Crippen molar-refractivity contribution in [3.8, 4) is 0 Å². The summed E-state index contributed by atoms with van der Waals surface area (Å²) >= 11 is 1.46. The van der Waals surface area contributed by atoms with Gasteiger partial charge in [0, 0.05) is 29.6 Å². The van der Waals surface area contributed by atoms with E-state index in [0.717, 1.165) is 35.7 Å². The highest BCUT2D eigenvalue weighted by Gasteiger charge is 2.10. The Kier molecular flexibility index (Phi) is 3.23. The van der Waals surface area contributed by atoms with Gasteiger partial charge in [0.25, 0.3) is 5.78 Å². The molecule has 0 saturated heterocycles. The molecule has 7 nitrogen and oxygen atoms in total. The van der Waals surface area contributed by atoms with Gasteiger partial charge in [0.1, 0.15) is 12.1 Å². The van der Waals surface area contributed by atoms with E-state index in [0.29, 0.717) is 10.9 Å². The van der Waals surface area contributed by atoms with Gasteiger partial charge in [-0.1, -0.05) is 0 Å². The van der Waals surface area contributed by atoms with Gasteiger partial charge in [-0.05, 0) is 13.8 Å². The van der Waals surface area contributed by atoms with E-state index >= 15 is 0 Å². The Hall–Kier alpha value is -2.22. The van der Waals surface area contributed by atoms with Crippen LogP contribution >= 0.6 is 11.3 Å². The zero-order chi connectivity index (χ0) is 14.1. The number of hydrogen-bond acceptors (Lipinski definition) is 7. The first-order chi connectivity index (χ1) is 9.65. The Morgan fingerprint density at radius 2 is 2.20 bits per heavy atom. The van der Waals surface area contributed by atoms with Crippen molar-refractivity contribution < 1.29 is 0 Å². The summed E-state index contributed by atoms with van der Waals surface area (Å²) in [6.07, 6.45) is 2.32. The predicted molar refractivity (Wildman–Crippen MR) is 79.0 cm³/mol. The number of fused-ring (bicyclic) bond motifs is 1. The SMILES string of the molecule is Cc1nc2ncnn2c(NCCc2csc(N)n2)c1C. The summed E-state index contributed by atoms with van der Waals surface area (Å²) in [5, 5.41) is 10.2. The molecular formula is C12H15N7S. The summed E-state index contributed by atoms with van der Waals surface area (Å²) in [6, 6.07) is 0. The standard InChI is InChI=1S/C12H15N7S/c1-7-8(2)17-12-15-6-16-19(12)10(7)14-4-3-9-5-20-11(13)18-9/h5-6,14H,3-4H2,1-2H3,(H2,13,18). The zero-order valence-electron chi connectivity index (χ0n) is 11.3. The quantitative estimate of drug-likeness (QED) is 0.754. The minimum Gasteiger partial charge on any atom is -0.375 e. The number of nitrogens with zero attached hydrogens (tertiary/aromatic N) is 5. The minimum absolute atomic E-state index is 0.605. The van der Waals surface area contributed by atoms with Gasteiger partial charge in [0.2, 0.25) is 0 Å². The molecule has 3 rings (SSSR count). The van der Waals surface area contributed by atoms with Crippen LogP contribution in [0.4, 0.5) is 10.9 Å². The van der Waals surface area contributed by atoms with E-state index in [9.17, 15) is 0 Å². The fourth-order valence-electron chi connectivity index (χ4n) is 1.99. The minimum atomic E-state index is 0.605. The molecule has 0 bridgehead atoms. The highest BCUT2D eigenvalue weighted by molar-refractivity contribution is 7.13. The summed E-state index contributed by atoms with van der Waals surface area (Å²) in [7, 11) is 0.